The maximum Gasteiger partial charge on any atom is 0.255 e. The van der Waals surface area contributed by atoms with E-state index in [1.54, 1.807) is 13.8 Å². The van der Waals surface area contributed by atoms with E-state index in [4.69, 9.17) is 0 Å². The molecule has 27 heavy (non-hydrogen) atoms. The molecule has 1 atom stereocenters. The predicted octanol–water partition coefficient (Wildman–Crippen LogP) is 1.24. The predicted molar refractivity (Wildman–Crippen MR) is 109 cm³/mol. The number of carbonyl (C=O) groups excluding carboxylic acids is 2. The number of likely N-dealkylation sites (tertiary alicyclic amines) is 1. The van der Waals surface area contributed by atoms with Gasteiger partial charge in [-0.2, -0.15) is 0 Å². The number of hydrogen-bond acceptors (Lipinski definition) is 4. The van der Waals surface area contributed by atoms with E-state index < -0.39 is 0 Å². The van der Waals surface area contributed by atoms with Crippen LogP contribution in [0.1, 0.15) is 48.3 Å². The Morgan fingerprint density at radius 1 is 1.30 bits per heavy atom. The van der Waals surface area contributed by atoms with Crippen LogP contribution < -0.4 is 16.2 Å². The van der Waals surface area contributed by atoms with E-state index in [1.165, 1.54) is 10.6 Å². The number of aryl methyl sites for hydroxylation is 1. The van der Waals surface area contributed by atoms with Crippen LogP contribution >= 0.6 is 12.4 Å². The van der Waals surface area contributed by atoms with Crippen molar-refractivity contribution in [2.75, 3.05) is 20.1 Å². The zero-order valence-electron chi connectivity index (χ0n) is 16.8. The molecule has 1 aliphatic rings. The van der Waals surface area contributed by atoms with Gasteiger partial charge in [0.2, 0.25) is 5.91 Å². The first kappa shape index (κ1) is 23.2. The Balaban J connectivity index is 0.00000364. The number of hydrogen-bond donors (Lipinski definition) is 2. The third-order valence-corrected chi connectivity index (χ3v) is 4.85. The van der Waals surface area contributed by atoms with Crippen molar-refractivity contribution in [1.29, 1.82) is 0 Å². The smallest absolute Gasteiger partial charge is 0.255 e. The molecule has 2 rings (SSSR count). The summed E-state index contributed by atoms with van der Waals surface area (Å²) in [5, 5.41) is 6.02. The largest absolute Gasteiger partial charge is 0.352 e. The molecule has 1 aliphatic heterocycles. The van der Waals surface area contributed by atoms with Crippen LogP contribution in [0.5, 0.6) is 0 Å². The number of rotatable bonds is 5. The fraction of sp³-hybridized carbons (Fsp3) is 0.632. The van der Waals surface area contributed by atoms with Gasteiger partial charge in [-0.15, -0.1) is 12.4 Å². The van der Waals surface area contributed by atoms with E-state index in [1.807, 2.05) is 25.8 Å². The molecule has 1 saturated heterocycles. The fourth-order valence-corrected chi connectivity index (χ4v) is 3.51. The van der Waals surface area contributed by atoms with Gasteiger partial charge >= 0.3 is 0 Å². The number of carbonyl (C=O) groups is 2. The zero-order valence-corrected chi connectivity index (χ0v) is 17.6. The van der Waals surface area contributed by atoms with Gasteiger partial charge in [-0.1, -0.05) is 0 Å². The quantitative estimate of drug-likeness (QED) is 0.781. The van der Waals surface area contributed by atoms with Crippen molar-refractivity contribution in [3.8, 4) is 0 Å². The van der Waals surface area contributed by atoms with Gasteiger partial charge in [-0.05, 0) is 53.1 Å². The van der Waals surface area contributed by atoms with Crippen molar-refractivity contribution in [3.63, 3.8) is 0 Å². The molecule has 1 aromatic rings. The second-order valence-electron chi connectivity index (χ2n) is 7.31. The molecule has 1 unspecified atom stereocenters. The molecule has 0 spiro atoms. The Morgan fingerprint density at radius 3 is 2.56 bits per heavy atom. The van der Waals surface area contributed by atoms with E-state index in [9.17, 15) is 14.4 Å². The molecule has 1 aromatic heterocycles. The van der Waals surface area contributed by atoms with Crippen LogP contribution in [0, 0.1) is 13.8 Å². The molecule has 0 aromatic carbocycles. The summed E-state index contributed by atoms with van der Waals surface area (Å²) in [6, 6.07) is 1.73. The molecule has 0 radical (unpaired) electrons. The van der Waals surface area contributed by atoms with Crippen LogP contribution in [0.2, 0.25) is 0 Å². The number of piperidine rings is 1. The molecule has 1 fully saturated rings. The topological polar surface area (TPSA) is 83.4 Å². The number of aromatic nitrogens is 1. The Bertz CT molecular complexity index is 745. The Hall–Kier alpha value is -1.86. The molecule has 0 saturated carbocycles. The maximum absolute atomic E-state index is 13.1. The average Bonchev–Trinajstić information content (AvgIpc) is 2.57. The summed E-state index contributed by atoms with van der Waals surface area (Å²) in [7, 11) is 1.91. The third kappa shape index (κ3) is 5.56. The summed E-state index contributed by atoms with van der Waals surface area (Å²) in [5.74, 6) is -0.307. The van der Waals surface area contributed by atoms with Crippen molar-refractivity contribution in [2.45, 2.75) is 59.2 Å². The number of halogens is 1. The van der Waals surface area contributed by atoms with Gasteiger partial charge in [0.15, 0.2) is 0 Å². The van der Waals surface area contributed by atoms with Crippen LogP contribution in [0.25, 0.3) is 0 Å². The summed E-state index contributed by atoms with van der Waals surface area (Å²) >= 11 is 0. The van der Waals surface area contributed by atoms with Crippen LogP contribution in [0.15, 0.2) is 10.9 Å². The first-order valence-corrected chi connectivity index (χ1v) is 9.21. The van der Waals surface area contributed by atoms with Crippen LogP contribution in [-0.2, 0) is 11.3 Å². The van der Waals surface area contributed by atoms with Gasteiger partial charge in [0, 0.05) is 36.9 Å². The van der Waals surface area contributed by atoms with E-state index in [0.29, 0.717) is 29.9 Å². The number of nitrogens with one attached hydrogen (secondary N) is 2. The molecule has 0 aliphatic carbocycles. The molecule has 2 amide bonds. The monoisotopic (exact) mass is 398 g/mol. The van der Waals surface area contributed by atoms with Gasteiger partial charge < -0.3 is 20.1 Å². The van der Waals surface area contributed by atoms with Gasteiger partial charge in [-0.25, -0.2) is 0 Å². The molecule has 7 nitrogen and oxygen atoms in total. The highest BCUT2D eigenvalue weighted by Crippen LogP contribution is 2.18. The SMILES string of the molecule is CNC1CCCN(C(=O)c2c(C)cc(=O)n(CC(=O)NC(C)C)c2C)C1.Cl. The standard InChI is InChI=1S/C19H30N4O3.ClH/c1-12(2)21-16(24)11-23-14(4)18(13(3)9-17(23)25)19(26)22-8-6-7-15(10-22)20-5;/h9,12,15,20H,6-8,10-11H2,1-5H3,(H,21,24);1H. The highest BCUT2D eigenvalue weighted by Gasteiger charge is 2.27. The highest BCUT2D eigenvalue weighted by atomic mass is 35.5. The van der Waals surface area contributed by atoms with Crippen molar-refractivity contribution in [3.05, 3.63) is 33.2 Å². The Kier molecular flexibility index (Phi) is 8.50. The van der Waals surface area contributed by atoms with Gasteiger partial charge in [-0.3, -0.25) is 14.4 Å². The summed E-state index contributed by atoms with van der Waals surface area (Å²) < 4.78 is 1.39. The fourth-order valence-electron chi connectivity index (χ4n) is 3.51. The lowest BCUT2D eigenvalue weighted by Crippen LogP contribution is -2.47. The van der Waals surface area contributed by atoms with Gasteiger partial charge in [0.25, 0.3) is 11.5 Å². The lowest BCUT2D eigenvalue weighted by molar-refractivity contribution is -0.122. The summed E-state index contributed by atoms with van der Waals surface area (Å²) in [5.41, 5.74) is 1.47. The Morgan fingerprint density at radius 2 is 1.96 bits per heavy atom. The van der Waals surface area contributed by atoms with E-state index in [-0.39, 0.29) is 48.4 Å². The zero-order chi connectivity index (χ0) is 19.4. The Labute approximate surface area is 166 Å². The minimum atomic E-state index is -0.262. The number of nitrogens with zero attached hydrogens (tertiary/aromatic N) is 2. The molecular formula is C19H31ClN4O3. The normalized spacial score (nSPS) is 16.8. The van der Waals surface area contributed by atoms with Crippen molar-refractivity contribution < 1.29 is 9.59 Å². The van der Waals surface area contributed by atoms with Crippen LogP contribution in [0.3, 0.4) is 0 Å². The molecule has 152 valence electrons. The van der Waals surface area contributed by atoms with Crippen LogP contribution in [-0.4, -0.2) is 53.5 Å². The lowest BCUT2D eigenvalue weighted by atomic mass is 10.0. The summed E-state index contributed by atoms with van der Waals surface area (Å²) in [6.07, 6.45) is 2.00. The van der Waals surface area contributed by atoms with Crippen molar-refractivity contribution in [1.82, 2.24) is 20.1 Å². The molecule has 2 N–H and O–H groups in total. The number of likely N-dealkylation sites (N-methyl/N-ethyl adjacent to an activating group) is 1. The minimum absolute atomic E-state index is 0. The van der Waals surface area contributed by atoms with Gasteiger partial charge in [0.1, 0.15) is 6.54 Å². The number of pyridine rings is 1. The molecule has 8 heteroatoms. The van der Waals surface area contributed by atoms with Crippen molar-refractivity contribution in [2.24, 2.45) is 0 Å². The first-order chi connectivity index (χ1) is 12.2. The van der Waals surface area contributed by atoms with Crippen LogP contribution in [0.4, 0.5) is 0 Å². The second-order valence-corrected chi connectivity index (χ2v) is 7.31. The van der Waals surface area contributed by atoms with E-state index in [0.717, 1.165) is 12.8 Å². The molecular weight excluding hydrogens is 368 g/mol. The first-order valence-electron chi connectivity index (χ1n) is 9.21. The highest BCUT2D eigenvalue weighted by molar-refractivity contribution is 5.97. The van der Waals surface area contributed by atoms with Crippen molar-refractivity contribution >= 4 is 24.2 Å². The molecule has 0 bridgehead atoms. The molecule has 2 heterocycles. The lowest BCUT2D eigenvalue weighted by Gasteiger charge is -2.33. The summed E-state index contributed by atoms with van der Waals surface area (Å²) in [6.45, 7) is 8.54. The van der Waals surface area contributed by atoms with E-state index in [2.05, 4.69) is 10.6 Å². The summed E-state index contributed by atoms with van der Waals surface area (Å²) in [4.78, 5) is 39.4. The van der Waals surface area contributed by atoms with Gasteiger partial charge in [0.05, 0.1) is 5.56 Å². The number of amides is 2. The second kappa shape index (κ2) is 9.90. The maximum atomic E-state index is 13.1. The third-order valence-electron chi connectivity index (χ3n) is 4.85. The average molecular weight is 399 g/mol. The minimum Gasteiger partial charge on any atom is -0.352 e. The van der Waals surface area contributed by atoms with E-state index >= 15 is 0 Å².